The number of hydrogen-bond acceptors (Lipinski definition) is 2. The van der Waals surface area contributed by atoms with Crippen molar-refractivity contribution in [1.82, 2.24) is 0 Å². The first-order valence-corrected chi connectivity index (χ1v) is 7.18. The second kappa shape index (κ2) is 6.42. The van der Waals surface area contributed by atoms with Gasteiger partial charge in [-0.2, -0.15) is 0 Å². The molecule has 0 aliphatic rings. The molecule has 0 heterocycles. The molecule has 0 saturated heterocycles. The Morgan fingerprint density at radius 3 is 2.05 bits per heavy atom. The molecule has 0 amide bonds. The van der Waals surface area contributed by atoms with E-state index in [1.807, 2.05) is 0 Å². The van der Waals surface area contributed by atoms with Gasteiger partial charge in [-0.15, -0.1) is 0 Å². The molecule has 0 aromatic heterocycles. The molecule has 0 saturated carbocycles. The zero-order chi connectivity index (χ0) is 14.5. The highest BCUT2D eigenvalue weighted by Gasteiger charge is 2.15. The van der Waals surface area contributed by atoms with Gasteiger partial charge >= 0.3 is 0 Å². The first-order valence-electron chi connectivity index (χ1n) is 7.18. The normalized spacial score (nSPS) is 12.5. The largest absolute Gasteiger partial charge is 0.494 e. The quantitative estimate of drug-likeness (QED) is 0.783. The molecule has 1 aromatic rings. The SMILES string of the molecule is CC(C)(CN)CCCOc1ccc(C(C)(C)C)cc1. The van der Waals surface area contributed by atoms with Gasteiger partial charge in [-0.3, -0.25) is 0 Å². The predicted octanol–water partition coefficient (Wildman–Crippen LogP) is 4.13. The summed E-state index contributed by atoms with van der Waals surface area (Å²) in [4.78, 5) is 0. The Morgan fingerprint density at radius 2 is 1.58 bits per heavy atom. The van der Waals surface area contributed by atoms with E-state index in [0.29, 0.717) is 0 Å². The Bertz CT molecular complexity index is 373. The van der Waals surface area contributed by atoms with Crippen molar-refractivity contribution in [2.75, 3.05) is 13.2 Å². The molecule has 0 atom stereocenters. The molecule has 0 spiro atoms. The fourth-order valence-corrected chi connectivity index (χ4v) is 1.89. The fourth-order valence-electron chi connectivity index (χ4n) is 1.89. The van der Waals surface area contributed by atoms with Crippen molar-refractivity contribution in [3.05, 3.63) is 29.8 Å². The van der Waals surface area contributed by atoms with Gasteiger partial charge in [0.25, 0.3) is 0 Å². The van der Waals surface area contributed by atoms with E-state index in [9.17, 15) is 0 Å². The number of nitrogens with two attached hydrogens (primary N) is 1. The van der Waals surface area contributed by atoms with Crippen LogP contribution in [-0.2, 0) is 5.41 Å². The van der Waals surface area contributed by atoms with E-state index in [2.05, 4.69) is 58.9 Å². The van der Waals surface area contributed by atoms with Crippen LogP contribution in [0.5, 0.6) is 5.75 Å². The number of benzene rings is 1. The molecular weight excluding hydrogens is 234 g/mol. The van der Waals surface area contributed by atoms with E-state index in [4.69, 9.17) is 10.5 Å². The molecule has 2 N–H and O–H groups in total. The standard InChI is InChI=1S/C17H29NO/c1-16(2,3)14-7-9-15(10-8-14)19-12-6-11-17(4,5)13-18/h7-10H,6,11-13,18H2,1-5H3. The lowest BCUT2D eigenvalue weighted by molar-refractivity contribution is 0.261. The van der Waals surface area contributed by atoms with Crippen molar-refractivity contribution in [3.8, 4) is 5.75 Å². The van der Waals surface area contributed by atoms with Crippen LogP contribution in [0.15, 0.2) is 24.3 Å². The molecule has 2 heteroatoms. The summed E-state index contributed by atoms with van der Waals surface area (Å²) >= 11 is 0. The third-order valence-corrected chi connectivity index (χ3v) is 3.54. The van der Waals surface area contributed by atoms with E-state index in [0.717, 1.165) is 31.7 Å². The average molecular weight is 263 g/mol. The highest BCUT2D eigenvalue weighted by Crippen LogP contribution is 2.25. The second-order valence-electron chi connectivity index (χ2n) is 7.09. The molecule has 2 nitrogen and oxygen atoms in total. The zero-order valence-corrected chi connectivity index (χ0v) is 13.1. The van der Waals surface area contributed by atoms with Crippen molar-refractivity contribution in [3.63, 3.8) is 0 Å². The van der Waals surface area contributed by atoms with Crippen molar-refractivity contribution < 1.29 is 4.74 Å². The molecule has 0 aliphatic carbocycles. The number of hydrogen-bond donors (Lipinski definition) is 1. The van der Waals surface area contributed by atoms with Crippen LogP contribution in [0.3, 0.4) is 0 Å². The molecule has 1 rings (SSSR count). The van der Waals surface area contributed by atoms with Gasteiger partial charge in [0.05, 0.1) is 6.61 Å². The first kappa shape index (κ1) is 16.0. The zero-order valence-electron chi connectivity index (χ0n) is 13.1. The van der Waals surface area contributed by atoms with Gasteiger partial charge in [0, 0.05) is 0 Å². The molecule has 0 bridgehead atoms. The lowest BCUT2D eigenvalue weighted by atomic mass is 9.87. The first-order chi connectivity index (χ1) is 8.74. The smallest absolute Gasteiger partial charge is 0.119 e. The Labute approximate surface area is 118 Å². The van der Waals surface area contributed by atoms with E-state index in [1.165, 1.54) is 5.56 Å². The average Bonchev–Trinajstić information content (AvgIpc) is 2.34. The van der Waals surface area contributed by atoms with Gasteiger partial charge in [0.2, 0.25) is 0 Å². The summed E-state index contributed by atoms with van der Waals surface area (Å²) in [6, 6.07) is 8.43. The van der Waals surface area contributed by atoms with Gasteiger partial charge < -0.3 is 10.5 Å². The Morgan fingerprint density at radius 1 is 1.00 bits per heavy atom. The third kappa shape index (κ3) is 5.65. The minimum absolute atomic E-state index is 0.198. The molecular formula is C17H29NO. The van der Waals surface area contributed by atoms with Crippen molar-refractivity contribution >= 4 is 0 Å². The molecule has 1 aromatic carbocycles. The van der Waals surface area contributed by atoms with E-state index in [-0.39, 0.29) is 10.8 Å². The van der Waals surface area contributed by atoms with Gasteiger partial charge in [-0.25, -0.2) is 0 Å². The lowest BCUT2D eigenvalue weighted by Gasteiger charge is -2.22. The molecule has 19 heavy (non-hydrogen) atoms. The maximum atomic E-state index is 5.77. The van der Waals surface area contributed by atoms with Crippen LogP contribution >= 0.6 is 0 Å². The van der Waals surface area contributed by atoms with Crippen LogP contribution in [0.4, 0.5) is 0 Å². The summed E-state index contributed by atoms with van der Waals surface area (Å²) in [5, 5.41) is 0. The molecule has 0 radical (unpaired) electrons. The number of rotatable bonds is 6. The monoisotopic (exact) mass is 263 g/mol. The van der Waals surface area contributed by atoms with Gasteiger partial charge in [0.15, 0.2) is 0 Å². The van der Waals surface area contributed by atoms with Crippen LogP contribution < -0.4 is 10.5 Å². The fraction of sp³-hybridized carbons (Fsp3) is 0.647. The van der Waals surface area contributed by atoms with Gasteiger partial charge in [0.1, 0.15) is 5.75 Å². The van der Waals surface area contributed by atoms with Gasteiger partial charge in [-0.05, 0) is 47.9 Å². The summed E-state index contributed by atoms with van der Waals surface area (Å²) in [7, 11) is 0. The summed E-state index contributed by atoms with van der Waals surface area (Å²) < 4.78 is 5.77. The highest BCUT2D eigenvalue weighted by molar-refractivity contribution is 5.31. The molecule has 0 unspecified atom stereocenters. The van der Waals surface area contributed by atoms with Crippen molar-refractivity contribution in [2.24, 2.45) is 11.1 Å². The van der Waals surface area contributed by atoms with Crippen molar-refractivity contribution in [1.29, 1.82) is 0 Å². The van der Waals surface area contributed by atoms with Crippen LogP contribution in [-0.4, -0.2) is 13.2 Å². The van der Waals surface area contributed by atoms with Crippen molar-refractivity contribution in [2.45, 2.75) is 52.9 Å². The van der Waals surface area contributed by atoms with E-state index >= 15 is 0 Å². The maximum absolute atomic E-state index is 5.77. The molecule has 0 aliphatic heterocycles. The van der Waals surface area contributed by atoms with E-state index < -0.39 is 0 Å². The number of ether oxygens (including phenoxy) is 1. The molecule has 0 fully saturated rings. The van der Waals surface area contributed by atoms with Crippen LogP contribution in [0, 0.1) is 5.41 Å². The second-order valence-corrected chi connectivity index (χ2v) is 7.09. The summed E-state index contributed by atoms with van der Waals surface area (Å²) in [5.74, 6) is 0.957. The highest BCUT2D eigenvalue weighted by atomic mass is 16.5. The predicted molar refractivity (Wildman–Crippen MR) is 82.7 cm³/mol. The Hall–Kier alpha value is -1.02. The summed E-state index contributed by atoms with van der Waals surface area (Å²) in [5.41, 5.74) is 7.47. The Balaban J connectivity index is 2.39. The molecule has 108 valence electrons. The minimum atomic E-state index is 0.198. The van der Waals surface area contributed by atoms with Crippen LogP contribution in [0.2, 0.25) is 0 Å². The third-order valence-electron chi connectivity index (χ3n) is 3.54. The maximum Gasteiger partial charge on any atom is 0.119 e. The van der Waals surface area contributed by atoms with E-state index in [1.54, 1.807) is 0 Å². The Kier molecular flexibility index (Phi) is 5.42. The van der Waals surface area contributed by atoms with Gasteiger partial charge in [-0.1, -0.05) is 46.8 Å². The minimum Gasteiger partial charge on any atom is -0.494 e. The summed E-state index contributed by atoms with van der Waals surface area (Å²) in [6.45, 7) is 12.6. The lowest BCUT2D eigenvalue weighted by Crippen LogP contribution is -2.23. The summed E-state index contributed by atoms with van der Waals surface area (Å²) in [6.07, 6.45) is 2.15. The topological polar surface area (TPSA) is 35.2 Å². The van der Waals surface area contributed by atoms with Crippen LogP contribution in [0.25, 0.3) is 0 Å². The van der Waals surface area contributed by atoms with Crippen LogP contribution in [0.1, 0.15) is 53.0 Å².